The quantitative estimate of drug-likeness (QED) is 0.345. The summed E-state index contributed by atoms with van der Waals surface area (Å²) in [6.07, 6.45) is 0. The number of nitrogens with one attached hydrogen (secondary N) is 1. The molecule has 0 radical (unpaired) electrons. The maximum atomic E-state index is 11.3. The normalized spacial score (nSPS) is 9.13. The molecule has 0 saturated heterocycles. The van der Waals surface area contributed by atoms with Crippen LogP contribution >= 0.6 is 0 Å². The van der Waals surface area contributed by atoms with Crippen molar-refractivity contribution >= 4 is 11.8 Å². The Balaban J connectivity index is 4.23. The fourth-order valence-electron chi connectivity index (χ4n) is 0.895. The molecule has 15 heavy (non-hydrogen) atoms. The van der Waals surface area contributed by atoms with Gasteiger partial charge in [0.1, 0.15) is 6.54 Å². The standard InChI is InChI=1S/C8H13N3O4/c9-1-2-10-7(14)8(15)11(3-5-12)4-6-13/h12-13H,2-6H2,(H,10,14). The SMILES string of the molecule is N#CCNC(=O)C(=O)N(CCO)CCO. The number of amides is 2. The van der Waals surface area contributed by atoms with Crippen molar-refractivity contribution in [3.8, 4) is 6.07 Å². The van der Waals surface area contributed by atoms with E-state index in [-0.39, 0.29) is 32.8 Å². The number of hydrogen-bond acceptors (Lipinski definition) is 5. The van der Waals surface area contributed by atoms with E-state index < -0.39 is 11.8 Å². The first-order valence-corrected chi connectivity index (χ1v) is 4.33. The first-order chi connectivity index (χ1) is 7.17. The van der Waals surface area contributed by atoms with Crippen molar-refractivity contribution in [1.29, 1.82) is 5.26 Å². The molecule has 0 atom stereocenters. The average Bonchev–Trinajstić information content (AvgIpc) is 2.24. The molecule has 2 amide bonds. The zero-order valence-corrected chi connectivity index (χ0v) is 8.14. The minimum atomic E-state index is -0.918. The van der Waals surface area contributed by atoms with E-state index in [1.54, 1.807) is 6.07 Å². The summed E-state index contributed by atoms with van der Waals surface area (Å²) in [6, 6.07) is 1.65. The molecule has 0 aliphatic rings. The lowest BCUT2D eigenvalue weighted by atomic mass is 10.4. The molecule has 84 valence electrons. The van der Waals surface area contributed by atoms with E-state index in [2.05, 4.69) is 5.32 Å². The number of aliphatic hydroxyl groups excluding tert-OH is 2. The second-order valence-corrected chi connectivity index (χ2v) is 2.58. The lowest BCUT2D eigenvalue weighted by Gasteiger charge is -2.19. The highest BCUT2D eigenvalue weighted by Gasteiger charge is 2.20. The highest BCUT2D eigenvalue weighted by molar-refractivity contribution is 6.35. The number of carbonyl (C=O) groups is 2. The van der Waals surface area contributed by atoms with Crippen molar-refractivity contribution in [2.75, 3.05) is 32.8 Å². The van der Waals surface area contributed by atoms with Crippen LogP contribution in [-0.2, 0) is 9.59 Å². The third kappa shape index (κ3) is 4.95. The van der Waals surface area contributed by atoms with Crippen molar-refractivity contribution in [2.24, 2.45) is 0 Å². The molecule has 0 aliphatic heterocycles. The Kier molecular flexibility index (Phi) is 6.88. The first-order valence-electron chi connectivity index (χ1n) is 4.33. The van der Waals surface area contributed by atoms with Crippen LogP contribution in [0.1, 0.15) is 0 Å². The number of carbonyl (C=O) groups excluding carboxylic acids is 2. The molecule has 0 unspecified atom stereocenters. The molecule has 7 nitrogen and oxygen atoms in total. The summed E-state index contributed by atoms with van der Waals surface area (Å²) in [5.41, 5.74) is 0. The van der Waals surface area contributed by atoms with Gasteiger partial charge in [-0.05, 0) is 0 Å². The highest BCUT2D eigenvalue weighted by atomic mass is 16.3. The molecule has 7 heteroatoms. The molecule has 0 aromatic rings. The van der Waals surface area contributed by atoms with E-state index in [1.165, 1.54) is 0 Å². The van der Waals surface area contributed by atoms with Crippen LogP contribution < -0.4 is 5.32 Å². The van der Waals surface area contributed by atoms with Gasteiger partial charge in [0.25, 0.3) is 0 Å². The Morgan fingerprint density at radius 2 is 1.80 bits per heavy atom. The van der Waals surface area contributed by atoms with E-state index in [0.717, 1.165) is 4.90 Å². The van der Waals surface area contributed by atoms with Crippen LogP contribution in [0.25, 0.3) is 0 Å². The molecule has 0 aliphatic carbocycles. The molecule has 0 rings (SSSR count). The number of aliphatic hydroxyl groups is 2. The topological polar surface area (TPSA) is 114 Å². The Morgan fingerprint density at radius 3 is 2.20 bits per heavy atom. The zero-order valence-electron chi connectivity index (χ0n) is 8.14. The van der Waals surface area contributed by atoms with Crippen LogP contribution in [0.4, 0.5) is 0 Å². The zero-order chi connectivity index (χ0) is 11.7. The molecule has 0 fully saturated rings. The summed E-state index contributed by atoms with van der Waals surface area (Å²) in [5.74, 6) is -1.79. The highest BCUT2D eigenvalue weighted by Crippen LogP contribution is 1.89. The van der Waals surface area contributed by atoms with Gasteiger partial charge in [-0.3, -0.25) is 9.59 Å². The third-order valence-electron chi connectivity index (χ3n) is 1.55. The van der Waals surface area contributed by atoms with Gasteiger partial charge in [-0.25, -0.2) is 0 Å². The lowest BCUT2D eigenvalue weighted by molar-refractivity contribution is -0.146. The van der Waals surface area contributed by atoms with Crippen LogP contribution in [0.5, 0.6) is 0 Å². The van der Waals surface area contributed by atoms with E-state index >= 15 is 0 Å². The maximum Gasteiger partial charge on any atom is 0.312 e. The van der Waals surface area contributed by atoms with Crippen molar-refractivity contribution in [3.63, 3.8) is 0 Å². The molecule has 0 spiro atoms. The first kappa shape index (κ1) is 13.4. The van der Waals surface area contributed by atoms with Crippen LogP contribution in [0.3, 0.4) is 0 Å². The van der Waals surface area contributed by atoms with Crippen molar-refractivity contribution in [2.45, 2.75) is 0 Å². The van der Waals surface area contributed by atoms with E-state index in [0.29, 0.717) is 0 Å². The van der Waals surface area contributed by atoms with Crippen LogP contribution in [0.15, 0.2) is 0 Å². The molecule has 0 bridgehead atoms. The lowest BCUT2D eigenvalue weighted by Crippen LogP contribution is -2.45. The number of nitrogens with zero attached hydrogens (tertiary/aromatic N) is 2. The molecule has 0 aromatic carbocycles. The Morgan fingerprint density at radius 1 is 1.27 bits per heavy atom. The molecule has 3 N–H and O–H groups in total. The average molecular weight is 215 g/mol. The largest absolute Gasteiger partial charge is 0.395 e. The number of rotatable bonds is 5. The van der Waals surface area contributed by atoms with Gasteiger partial charge >= 0.3 is 11.8 Å². The van der Waals surface area contributed by atoms with Gasteiger partial charge in [0.15, 0.2) is 0 Å². The summed E-state index contributed by atoms with van der Waals surface area (Å²) < 4.78 is 0. The fourth-order valence-corrected chi connectivity index (χ4v) is 0.895. The van der Waals surface area contributed by atoms with E-state index in [9.17, 15) is 9.59 Å². The van der Waals surface area contributed by atoms with Gasteiger partial charge in [-0.15, -0.1) is 0 Å². The van der Waals surface area contributed by atoms with Gasteiger partial charge in [-0.1, -0.05) is 0 Å². The monoisotopic (exact) mass is 215 g/mol. The molecule has 0 saturated carbocycles. The number of hydrogen-bond donors (Lipinski definition) is 3. The predicted molar refractivity (Wildman–Crippen MR) is 49.4 cm³/mol. The minimum absolute atomic E-state index is 0.0284. The molecule has 0 aromatic heterocycles. The third-order valence-corrected chi connectivity index (χ3v) is 1.55. The second-order valence-electron chi connectivity index (χ2n) is 2.58. The molecule has 0 heterocycles. The van der Waals surface area contributed by atoms with Gasteiger partial charge < -0.3 is 20.4 Å². The van der Waals surface area contributed by atoms with Gasteiger partial charge in [0.2, 0.25) is 0 Å². The fraction of sp³-hybridized carbons (Fsp3) is 0.625. The summed E-state index contributed by atoms with van der Waals surface area (Å²) >= 11 is 0. The second kappa shape index (κ2) is 7.73. The van der Waals surface area contributed by atoms with Gasteiger partial charge in [0.05, 0.1) is 19.3 Å². The van der Waals surface area contributed by atoms with Crippen LogP contribution in [0, 0.1) is 11.3 Å². The predicted octanol–water partition coefficient (Wildman–Crippen LogP) is -2.56. The minimum Gasteiger partial charge on any atom is -0.395 e. The summed E-state index contributed by atoms with van der Waals surface area (Å²) in [7, 11) is 0. The van der Waals surface area contributed by atoms with Crippen molar-refractivity contribution in [3.05, 3.63) is 0 Å². The van der Waals surface area contributed by atoms with Gasteiger partial charge in [-0.2, -0.15) is 5.26 Å². The van der Waals surface area contributed by atoms with Crippen molar-refractivity contribution < 1.29 is 19.8 Å². The Bertz CT molecular complexity index is 255. The smallest absolute Gasteiger partial charge is 0.312 e. The van der Waals surface area contributed by atoms with Crippen molar-refractivity contribution in [1.82, 2.24) is 10.2 Å². The van der Waals surface area contributed by atoms with E-state index in [4.69, 9.17) is 15.5 Å². The maximum absolute atomic E-state index is 11.3. The summed E-state index contributed by atoms with van der Waals surface area (Å²) in [4.78, 5) is 23.4. The summed E-state index contributed by atoms with van der Waals surface area (Å²) in [5, 5.41) is 27.5. The Hall–Kier alpha value is -1.65. The van der Waals surface area contributed by atoms with Crippen LogP contribution in [0.2, 0.25) is 0 Å². The molecular formula is C8H13N3O4. The van der Waals surface area contributed by atoms with Gasteiger partial charge in [0, 0.05) is 13.1 Å². The molecular weight excluding hydrogens is 202 g/mol. The Labute approximate surface area is 86.9 Å². The van der Waals surface area contributed by atoms with E-state index in [1.807, 2.05) is 0 Å². The summed E-state index contributed by atoms with van der Waals surface area (Å²) in [6.45, 7) is -0.899. The number of nitriles is 1. The van der Waals surface area contributed by atoms with Crippen LogP contribution in [-0.4, -0.2) is 59.8 Å².